The van der Waals surface area contributed by atoms with E-state index in [1.165, 1.54) is 21.3 Å². The number of nitriles is 1. The quantitative estimate of drug-likeness (QED) is 0.760. The minimum absolute atomic E-state index is 0.385. The first-order valence-electron chi connectivity index (χ1n) is 6.70. The van der Waals surface area contributed by atoms with Gasteiger partial charge in [-0.15, -0.1) is 0 Å². The molecule has 0 saturated heterocycles. The molecule has 8 heteroatoms. The molecule has 3 rings (SSSR count). The summed E-state index contributed by atoms with van der Waals surface area (Å²) in [4.78, 5) is 4.45. The normalized spacial score (nSPS) is 10.5. The average Bonchev–Trinajstić information content (AvgIpc) is 3.13. The first kappa shape index (κ1) is 14.6. The lowest BCUT2D eigenvalue weighted by atomic mass is 10.1. The lowest BCUT2D eigenvalue weighted by molar-refractivity contribution is 0.324. The molecular formula is C15H15N5O3. The van der Waals surface area contributed by atoms with E-state index in [2.05, 4.69) is 16.2 Å². The summed E-state index contributed by atoms with van der Waals surface area (Å²) in [5.41, 5.74) is 8.23. The molecule has 0 aliphatic heterocycles. The summed E-state index contributed by atoms with van der Waals surface area (Å²) >= 11 is 0. The number of H-pyrrole nitrogens is 1. The Balaban J connectivity index is 2.24. The zero-order valence-electron chi connectivity index (χ0n) is 12.9. The Kier molecular flexibility index (Phi) is 3.46. The van der Waals surface area contributed by atoms with Crippen LogP contribution in [-0.4, -0.2) is 35.9 Å². The lowest BCUT2D eigenvalue weighted by Gasteiger charge is -2.13. The molecule has 0 unspecified atom stereocenters. The van der Waals surface area contributed by atoms with E-state index in [1.807, 2.05) is 0 Å². The van der Waals surface area contributed by atoms with Crippen LogP contribution in [0.3, 0.4) is 0 Å². The zero-order valence-corrected chi connectivity index (χ0v) is 12.9. The van der Waals surface area contributed by atoms with E-state index in [1.54, 1.807) is 22.8 Å². The smallest absolute Gasteiger partial charge is 0.203 e. The van der Waals surface area contributed by atoms with Gasteiger partial charge in [-0.1, -0.05) is 0 Å². The van der Waals surface area contributed by atoms with Crippen LogP contribution in [0.4, 0.5) is 5.82 Å². The van der Waals surface area contributed by atoms with E-state index in [4.69, 9.17) is 25.2 Å². The average molecular weight is 313 g/mol. The van der Waals surface area contributed by atoms with Gasteiger partial charge < -0.3 is 19.9 Å². The van der Waals surface area contributed by atoms with Gasteiger partial charge in [-0.2, -0.15) is 5.26 Å². The first-order valence-corrected chi connectivity index (χ1v) is 6.70. The summed E-state index contributed by atoms with van der Waals surface area (Å²) in [5, 5.41) is 12.0. The van der Waals surface area contributed by atoms with Crippen LogP contribution in [0, 0.1) is 11.3 Å². The Labute approximate surface area is 132 Å². The number of benzene rings is 1. The molecule has 0 amide bonds. The van der Waals surface area contributed by atoms with Crippen LogP contribution in [0.5, 0.6) is 17.2 Å². The van der Waals surface area contributed by atoms with E-state index >= 15 is 0 Å². The maximum absolute atomic E-state index is 9.11. The highest BCUT2D eigenvalue weighted by Crippen LogP contribution is 2.42. The number of methoxy groups -OCH3 is 3. The molecule has 0 fully saturated rings. The molecule has 0 aliphatic carbocycles. The van der Waals surface area contributed by atoms with Crippen LogP contribution in [0.1, 0.15) is 5.56 Å². The van der Waals surface area contributed by atoms with Crippen LogP contribution < -0.4 is 19.9 Å². The summed E-state index contributed by atoms with van der Waals surface area (Å²) in [7, 11) is 4.61. The van der Waals surface area contributed by atoms with E-state index in [0.717, 1.165) is 0 Å². The van der Waals surface area contributed by atoms with Gasteiger partial charge in [0.1, 0.15) is 17.3 Å². The van der Waals surface area contributed by atoms with Gasteiger partial charge in [-0.3, -0.25) is 5.10 Å². The minimum atomic E-state index is 0.385. The fourth-order valence-corrected chi connectivity index (χ4v) is 2.45. The molecule has 2 heterocycles. The van der Waals surface area contributed by atoms with E-state index in [9.17, 15) is 0 Å². The van der Waals surface area contributed by atoms with Crippen LogP contribution >= 0.6 is 0 Å². The van der Waals surface area contributed by atoms with Crippen molar-refractivity contribution in [2.75, 3.05) is 27.1 Å². The molecule has 23 heavy (non-hydrogen) atoms. The molecule has 0 saturated carbocycles. The maximum Gasteiger partial charge on any atom is 0.203 e. The summed E-state index contributed by atoms with van der Waals surface area (Å²) in [6.07, 6.45) is 1.55. The largest absolute Gasteiger partial charge is 0.493 e. The SMILES string of the molecule is COc1cc(-c2nc3c(C#N)c[nH]n3c2N)cc(OC)c1OC. The van der Waals surface area contributed by atoms with Crippen molar-refractivity contribution >= 4 is 11.5 Å². The number of aromatic amines is 1. The molecule has 3 aromatic rings. The summed E-state index contributed by atoms with van der Waals surface area (Å²) < 4.78 is 17.5. The predicted molar refractivity (Wildman–Crippen MR) is 83.8 cm³/mol. The lowest BCUT2D eigenvalue weighted by Crippen LogP contribution is -1.98. The van der Waals surface area contributed by atoms with Crippen molar-refractivity contribution in [1.29, 1.82) is 5.26 Å². The van der Waals surface area contributed by atoms with Gasteiger partial charge >= 0.3 is 0 Å². The molecule has 8 nitrogen and oxygen atoms in total. The van der Waals surface area contributed by atoms with Crippen molar-refractivity contribution in [1.82, 2.24) is 14.6 Å². The third kappa shape index (κ3) is 2.10. The van der Waals surface area contributed by atoms with Crippen molar-refractivity contribution in [2.45, 2.75) is 0 Å². The fraction of sp³-hybridized carbons (Fsp3) is 0.200. The standard InChI is InChI=1S/C15H15N5O3/c1-21-10-4-8(5-11(22-2)13(10)23-3)12-14(17)20-15(19-12)9(6-16)7-18-20/h4-5,7,18H,17H2,1-3H3. The van der Waals surface area contributed by atoms with Gasteiger partial charge in [0.25, 0.3) is 0 Å². The van der Waals surface area contributed by atoms with Crippen molar-refractivity contribution in [3.63, 3.8) is 0 Å². The van der Waals surface area contributed by atoms with Gasteiger partial charge in [0.15, 0.2) is 23.0 Å². The van der Waals surface area contributed by atoms with Gasteiger partial charge in [0, 0.05) is 11.8 Å². The number of rotatable bonds is 4. The van der Waals surface area contributed by atoms with Gasteiger partial charge in [0.2, 0.25) is 5.75 Å². The van der Waals surface area contributed by atoms with Gasteiger partial charge in [-0.25, -0.2) is 9.50 Å². The number of nitrogen functional groups attached to an aromatic ring is 1. The highest BCUT2D eigenvalue weighted by Gasteiger charge is 2.20. The monoisotopic (exact) mass is 313 g/mol. The number of hydrogen-bond acceptors (Lipinski definition) is 6. The summed E-state index contributed by atoms with van der Waals surface area (Å²) in [6.45, 7) is 0. The fourth-order valence-electron chi connectivity index (χ4n) is 2.45. The van der Waals surface area contributed by atoms with Crippen LogP contribution in [0.25, 0.3) is 16.9 Å². The molecule has 0 spiro atoms. The van der Waals surface area contributed by atoms with E-state index < -0.39 is 0 Å². The first-order chi connectivity index (χ1) is 11.1. The highest BCUT2D eigenvalue weighted by atomic mass is 16.5. The van der Waals surface area contributed by atoms with Crippen LogP contribution in [0.15, 0.2) is 18.3 Å². The number of nitrogens with one attached hydrogen (secondary N) is 1. The van der Waals surface area contributed by atoms with Crippen molar-refractivity contribution < 1.29 is 14.2 Å². The molecule has 0 atom stereocenters. The second kappa shape index (κ2) is 5.46. The Hall–Kier alpha value is -3.34. The number of ether oxygens (including phenoxy) is 3. The molecule has 0 aliphatic rings. The Morgan fingerprint density at radius 2 is 1.83 bits per heavy atom. The number of aromatic nitrogens is 3. The molecule has 2 aromatic heterocycles. The van der Waals surface area contributed by atoms with Crippen molar-refractivity contribution in [2.24, 2.45) is 0 Å². The highest BCUT2D eigenvalue weighted by molar-refractivity contribution is 5.79. The Bertz CT molecular complexity index is 894. The number of hydrogen-bond donors (Lipinski definition) is 2. The van der Waals surface area contributed by atoms with Crippen LogP contribution in [0.2, 0.25) is 0 Å². The number of nitrogens with zero attached hydrogens (tertiary/aromatic N) is 3. The molecule has 118 valence electrons. The molecule has 1 aromatic carbocycles. The topological polar surface area (TPSA) is 111 Å². The molecule has 0 radical (unpaired) electrons. The summed E-state index contributed by atoms with van der Waals surface area (Å²) in [5.74, 6) is 1.87. The predicted octanol–water partition coefficient (Wildman–Crippen LogP) is 1.81. The third-order valence-corrected chi connectivity index (χ3v) is 3.55. The Morgan fingerprint density at radius 3 is 2.35 bits per heavy atom. The third-order valence-electron chi connectivity index (χ3n) is 3.55. The van der Waals surface area contributed by atoms with E-state index in [-0.39, 0.29) is 0 Å². The van der Waals surface area contributed by atoms with Gasteiger partial charge in [0.05, 0.1) is 21.3 Å². The molecule has 0 bridgehead atoms. The Morgan fingerprint density at radius 1 is 1.17 bits per heavy atom. The molecular weight excluding hydrogens is 298 g/mol. The van der Waals surface area contributed by atoms with Gasteiger partial charge in [-0.05, 0) is 12.1 Å². The molecule has 3 N–H and O–H groups in total. The number of nitrogens with two attached hydrogens (primary N) is 1. The second-order valence-corrected chi connectivity index (χ2v) is 4.72. The zero-order chi connectivity index (χ0) is 16.6. The number of fused-ring (bicyclic) bond motifs is 1. The number of imidazole rings is 1. The van der Waals surface area contributed by atoms with Crippen LogP contribution in [-0.2, 0) is 0 Å². The van der Waals surface area contributed by atoms with E-state index in [0.29, 0.717) is 45.5 Å². The summed E-state index contributed by atoms with van der Waals surface area (Å²) in [6, 6.07) is 5.58. The second-order valence-electron chi connectivity index (χ2n) is 4.72. The minimum Gasteiger partial charge on any atom is -0.493 e. The van der Waals surface area contributed by atoms with Crippen molar-refractivity contribution in [3.8, 4) is 34.6 Å². The maximum atomic E-state index is 9.11. The van der Waals surface area contributed by atoms with Crippen molar-refractivity contribution in [3.05, 3.63) is 23.9 Å². The number of anilines is 1.